The third-order valence-corrected chi connectivity index (χ3v) is 6.50. The summed E-state index contributed by atoms with van der Waals surface area (Å²) in [7, 11) is 0. The van der Waals surface area contributed by atoms with Crippen LogP contribution in [0.15, 0.2) is 47.1 Å². The van der Waals surface area contributed by atoms with Gasteiger partial charge in [-0.1, -0.05) is 18.2 Å². The number of piperidine rings is 1. The maximum Gasteiger partial charge on any atom is 0.223 e. The number of hydrogen-bond acceptors (Lipinski definition) is 4. The van der Waals surface area contributed by atoms with Gasteiger partial charge in [0.15, 0.2) is 0 Å². The molecule has 2 saturated heterocycles. The zero-order valence-corrected chi connectivity index (χ0v) is 18.2. The molecule has 2 aliphatic heterocycles. The molecule has 168 valence electrons. The standard InChI is InChI=1S/C25H33FN2O3/c26-24-8-2-1-5-21(24)18-27-13-11-20(12-14-27)17-28(19-23-7-4-16-31-23)25(29)10-9-22-6-3-15-30-22/h1-3,5-6,8,15,20,23H,4,7,9-14,16-19H2/t23-/m0/s1. The van der Waals surface area contributed by atoms with Crippen molar-refractivity contribution in [1.82, 2.24) is 9.80 Å². The second-order valence-electron chi connectivity index (χ2n) is 8.82. The van der Waals surface area contributed by atoms with E-state index < -0.39 is 0 Å². The predicted octanol–water partition coefficient (Wildman–Crippen LogP) is 4.27. The lowest BCUT2D eigenvalue weighted by Crippen LogP contribution is -2.43. The Morgan fingerprint density at radius 2 is 1.94 bits per heavy atom. The summed E-state index contributed by atoms with van der Waals surface area (Å²) in [6.07, 6.45) is 7.08. The first-order valence-electron chi connectivity index (χ1n) is 11.5. The Bertz CT molecular complexity index is 812. The first-order valence-corrected chi connectivity index (χ1v) is 11.5. The van der Waals surface area contributed by atoms with Crippen LogP contribution in [-0.4, -0.2) is 54.6 Å². The van der Waals surface area contributed by atoms with Crippen molar-refractivity contribution < 1.29 is 18.3 Å². The lowest BCUT2D eigenvalue weighted by Gasteiger charge is -2.35. The van der Waals surface area contributed by atoms with E-state index in [-0.39, 0.29) is 17.8 Å². The SMILES string of the molecule is O=C(CCc1ccco1)N(CC1CCN(Cc2ccccc2F)CC1)C[C@@H]1CCCO1. The molecule has 3 heterocycles. The van der Waals surface area contributed by atoms with Crippen LogP contribution >= 0.6 is 0 Å². The van der Waals surface area contributed by atoms with Crippen molar-refractivity contribution in [3.8, 4) is 0 Å². The summed E-state index contributed by atoms with van der Waals surface area (Å²) in [6, 6.07) is 10.8. The Labute approximate surface area is 184 Å². The van der Waals surface area contributed by atoms with Crippen molar-refractivity contribution in [1.29, 1.82) is 0 Å². The first-order chi connectivity index (χ1) is 15.2. The van der Waals surface area contributed by atoms with Crippen LogP contribution in [0.5, 0.6) is 0 Å². The lowest BCUT2D eigenvalue weighted by molar-refractivity contribution is -0.133. The molecule has 5 nitrogen and oxygen atoms in total. The lowest BCUT2D eigenvalue weighted by atomic mass is 9.95. The average molecular weight is 429 g/mol. The number of carbonyl (C=O) groups excluding carboxylic acids is 1. The van der Waals surface area contributed by atoms with E-state index in [4.69, 9.17) is 9.15 Å². The third-order valence-electron chi connectivity index (χ3n) is 6.50. The van der Waals surface area contributed by atoms with Gasteiger partial charge in [-0.2, -0.15) is 0 Å². The minimum Gasteiger partial charge on any atom is -0.469 e. The summed E-state index contributed by atoms with van der Waals surface area (Å²) in [5.41, 5.74) is 0.758. The van der Waals surface area contributed by atoms with Gasteiger partial charge < -0.3 is 14.1 Å². The molecule has 1 aromatic heterocycles. The van der Waals surface area contributed by atoms with Crippen molar-refractivity contribution in [3.05, 3.63) is 59.8 Å². The molecule has 0 spiro atoms. The Hall–Kier alpha value is -2.18. The van der Waals surface area contributed by atoms with Crippen LogP contribution in [-0.2, 0) is 22.5 Å². The molecule has 0 bridgehead atoms. The second-order valence-corrected chi connectivity index (χ2v) is 8.82. The monoisotopic (exact) mass is 428 g/mol. The smallest absolute Gasteiger partial charge is 0.223 e. The number of rotatable bonds is 9. The Balaban J connectivity index is 1.29. The Morgan fingerprint density at radius 3 is 2.65 bits per heavy atom. The maximum atomic E-state index is 14.0. The normalized spacial score (nSPS) is 20.2. The number of likely N-dealkylation sites (tertiary alicyclic amines) is 1. The largest absolute Gasteiger partial charge is 0.469 e. The highest BCUT2D eigenvalue weighted by atomic mass is 19.1. The van der Waals surface area contributed by atoms with Gasteiger partial charge in [-0.25, -0.2) is 4.39 Å². The van der Waals surface area contributed by atoms with Crippen LogP contribution in [0.4, 0.5) is 4.39 Å². The van der Waals surface area contributed by atoms with E-state index in [0.717, 1.165) is 63.2 Å². The molecule has 1 amide bonds. The van der Waals surface area contributed by atoms with Crippen LogP contribution in [0.3, 0.4) is 0 Å². The molecule has 6 heteroatoms. The van der Waals surface area contributed by atoms with E-state index in [0.29, 0.717) is 31.8 Å². The van der Waals surface area contributed by atoms with Gasteiger partial charge in [0.2, 0.25) is 5.91 Å². The van der Waals surface area contributed by atoms with Gasteiger partial charge in [-0.15, -0.1) is 0 Å². The molecule has 31 heavy (non-hydrogen) atoms. The fourth-order valence-electron chi connectivity index (χ4n) is 4.66. The van der Waals surface area contributed by atoms with Gasteiger partial charge in [0, 0.05) is 44.6 Å². The van der Waals surface area contributed by atoms with Crippen LogP contribution in [0.2, 0.25) is 0 Å². The number of benzene rings is 1. The maximum absolute atomic E-state index is 14.0. The topological polar surface area (TPSA) is 45.9 Å². The van der Waals surface area contributed by atoms with Crippen LogP contribution in [0.1, 0.15) is 43.4 Å². The minimum atomic E-state index is -0.130. The summed E-state index contributed by atoms with van der Waals surface area (Å²) in [5, 5.41) is 0. The number of nitrogens with zero attached hydrogens (tertiary/aromatic N) is 2. The van der Waals surface area contributed by atoms with Crippen molar-refractivity contribution in [2.45, 2.75) is 51.2 Å². The zero-order chi connectivity index (χ0) is 21.5. The van der Waals surface area contributed by atoms with E-state index in [1.54, 1.807) is 12.3 Å². The summed E-state index contributed by atoms with van der Waals surface area (Å²) >= 11 is 0. The van der Waals surface area contributed by atoms with Gasteiger partial charge in [0.25, 0.3) is 0 Å². The van der Waals surface area contributed by atoms with Crippen LogP contribution in [0, 0.1) is 11.7 Å². The van der Waals surface area contributed by atoms with E-state index in [1.807, 2.05) is 29.2 Å². The van der Waals surface area contributed by atoms with Crippen LogP contribution in [0.25, 0.3) is 0 Å². The van der Waals surface area contributed by atoms with E-state index in [9.17, 15) is 9.18 Å². The highest BCUT2D eigenvalue weighted by molar-refractivity contribution is 5.76. The molecule has 0 aliphatic carbocycles. The minimum absolute atomic E-state index is 0.130. The van der Waals surface area contributed by atoms with Gasteiger partial charge in [-0.3, -0.25) is 9.69 Å². The van der Waals surface area contributed by atoms with Crippen molar-refractivity contribution in [3.63, 3.8) is 0 Å². The molecule has 2 aromatic rings. The Morgan fingerprint density at radius 1 is 1.10 bits per heavy atom. The number of carbonyl (C=O) groups is 1. The van der Waals surface area contributed by atoms with Gasteiger partial charge in [0.1, 0.15) is 11.6 Å². The molecule has 1 aromatic carbocycles. The van der Waals surface area contributed by atoms with E-state index >= 15 is 0 Å². The van der Waals surface area contributed by atoms with Gasteiger partial charge in [0.05, 0.1) is 12.4 Å². The first kappa shape index (κ1) is 22.0. The summed E-state index contributed by atoms with van der Waals surface area (Å²) < 4.78 is 25.2. The molecule has 4 rings (SSSR count). The number of halogens is 1. The molecule has 0 saturated carbocycles. The number of amides is 1. The molecule has 1 atom stereocenters. The van der Waals surface area contributed by atoms with Crippen molar-refractivity contribution in [2.75, 3.05) is 32.8 Å². The molecule has 2 aliphatic rings. The van der Waals surface area contributed by atoms with E-state index in [2.05, 4.69) is 4.90 Å². The quantitative estimate of drug-likeness (QED) is 0.598. The highest BCUT2D eigenvalue weighted by Crippen LogP contribution is 2.23. The van der Waals surface area contributed by atoms with E-state index in [1.165, 1.54) is 6.07 Å². The van der Waals surface area contributed by atoms with Gasteiger partial charge in [-0.05, 0) is 62.9 Å². The van der Waals surface area contributed by atoms with Gasteiger partial charge >= 0.3 is 0 Å². The highest BCUT2D eigenvalue weighted by Gasteiger charge is 2.27. The second kappa shape index (κ2) is 10.9. The number of hydrogen-bond donors (Lipinski definition) is 0. The summed E-state index contributed by atoms with van der Waals surface area (Å²) in [4.78, 5) is 17.4. The summed E-state index contributed by atoms with van der Waals surface area (Å²) in [6.45, 7) is 4.80. The average Bonchev–Trinajstić information content (AvgIpc) is 3.49. The fourth-order valence-corrected chi connectivity index (χ4v) is 4.66. The fraction of sp³-hybridized carbons (Fsp3) is 0.560. The Kier molecular flexibility index (Phi) is 7.76. The molecule has 0 radical (unpaired) electrons. The van der Waals surface area contributed by atoms with Crippen LogP contribution < -0.4 is 0 Å². The van der Waals surface area contributed by atoms with Crippen molar-refractivity contribution in [2.24, 2.45) is 5.92 Å². The third kappa shape index (κ3) is 6.40. The number of aryl methyl sites for hydroxylation is 1. The molecule has 2 fully saturated rings. The number of ether oxygens (including phenoxy) is 1. The molecule has 0 unspecified atom stereocenters. The zero-order valence-electron chi connectivity index (χ0n) is 18.2. The summed E-state index contributed by atoms with van der Waals surface area (Å²) in [5.74, 6) is 1.38. The van der Waals surface area contributed by atoms with Crippen molar-refractivity contribution >= 4 is 5.91 Å². The predicted molar refractivity (Wildman–Crippen MR) is 117 cm³/mol. The molecular weight excluding hydrogens is 395 g/mol. The molecular formula is C25H33FN2O3. The number of furan rings is 1. The molecule has 0 N–H and O–H groups in total.